The number of allylic oxidation sites excluding steroid dienone is 2. The number of rotatable bonds is 17. The standard InChI is InChI=1S/C29H41N3O3/c1-3-34-28-22-26(25-16-14-20-30-25)32-27(28)21-24-19-18-23(31-24)15-12-10-8-6-5-7-9-11-13-17-29(33)35-4-2/h14,16,18-22,30,32H,3-13,15,17H2,1-2H3/b24-21+. The molecule has 1 aliphatic heterocycles. The Hall–Kier alpha value is -3.02. The van der Waals surface area contributed by atoms with Crippen LogP contribution in [0.3, 0.4) is 0 Å². The van der Waals surface area contributed by atoms with E-state index in [-0.39, 0.29) is 5.97 Å². The molecule has 1 aliphatic rings. The Morgan fingerprint density at radius 2 is 1.69 bits per heavy atom. The number of carbonyl (C=O) groups is 1. The summed E-state index contributed by atoms with van der Waals surface area (Å²) >= 11 is 0. The summed E-state index contributed by atoms with van der Waals surface area (Å²) in [5, 5.41) is 0. The summed E-state index contributed by atoms with van der Waals surface area (Å²) in [5.74, 6) is 0.790. The van der Waals surface area contributed by atoms with E-state index in [1.165, 1.54) is 44.9 Å². The van der Waals surface area contributed by atoms with E-state index in [9.17, 15) is 4.79 Å². The number of aromatic nitrogens is 2. The number of H-pyrrole nitrogens is 2. The Morgan fingerprint density at radius 1 is 0.943 bits per heavy atom. The van der Waals surface area contributed by atoms with E-state index < -0.39 is 0 Å². The molecule has 190 valence electrons. The summed E-state index contributed by atoms with van der Waals surface area (Å²) in [6.45, 7) is 4.96. The third-order valence-electron chi connectivity index (χ3n) is 6.13. The highest BCUT2D eigenvalue weighted by atomic mass is 16.5. The number of esters is 1. The van der Waals surface area contributed by atoms with Crippen LogP contribution in [0.4, 0.5) is 0 Å². The van der Waals surface area contributed by atoms with Crippen LogP contribution in [0.2, 0.25) is 0 Å². The van der Waals surface area contributed by atoms with E-state index in [1.54, 1.807) is 0 Å². The maximum atomic E-state index is 11.3. The van der Waals surface area contributed by atoms with Gasteiger partial charge in [0, 0.05) is 24.4 Å². The predicted octanol–water partition coefficient (Wildman–Crippen LogP) is 7.61. The molecule has 3 heterocycles. The number of carbonyl (C=O) groups excluding carboxylic acids is 1. The summed E-state index contributed by atoms with van der Waals surface area (Å²) in [4.78, 5) is 22.8. The highest BCUT2D eigenvalue weighted by Crippen LogP contribution is 2.29. The Labute approximate surface area is 209 Å². The molecule has 6 nitrogen and oxygen atoms in total. The first-order valence-corrected chi connectivity index (χ1v) is 13.3. The van der Waals surface area contributed by atoms with Crippen LogP contribution >= 0.6 is 0 Å². The maximum Gasteiger partial charge on any atom is 0.305 e. The molecule has 0 aliphatic carbocycles. The minimum atomic E-state index is -0.0574. The van der Waals surface area contributed by atoms with E-state index in [1.807, 2.05) is 38.2 Å². The Bertz CT molecular complexity index is 983. The molecule has 6 heteroatoms. The fourth-order valence-electron chi connectivity index (χ4n) is 4.31. The van der Waals surface area contributed by atoms with Gasteiger partial charge in [0.25, 0.3) is 0 Å². The van der Waals surface area contributed by atoms with Crippen LogP contribution in [0.25, 0.3) is 17.5 Å². The average Bonchev–Trinajstić information content (AvgIpc) is 3.60. The smallest absolute Gasteiger partial charge is 0.305 e. The second-order valence-electron chi connectivity index (χ2n) is 8.97. The average molecular weight is 480 g/mol. The molecule has 2 aromatic rings. The summed E-state index contributed by atoms with van der Waals surface area (Å²) in [6.07, 6.45) is 20.7. The SMILES string of the molecule is CCOC(=O)CCCCCCCCCCCC1=N/C(=C/c2[nH]c(-c3ccc[nH]3)cc2OCC)C=C1. The van der Waals surface area contributed by atoms with Gasteiger partial charge in [-0.15, -0.1) is 0 Å². The number of ether oxygens (including phenoxy) is 2. The van der Waals surface area contributed by atoms with Crippen molar-refractivity contribution in [2.24, 2.45) is 4.99 Å². The lowest BCUT2D eigenvalue weighted by atomic mass is 10.0. The number of aliphatic imine (C=N–C) groups is 1. The van der Waals surface area contributed by atoms with Crippen molar-refractivity contribution in [1.29, 1.82) is 0 Å². The molecule has 0 radical (unpaired) electrons. The first kappa shape index (κ1) is 26.6. The third-order valence-corrected chi connectivity index (χ3v) is 6.13. The monoisotopic (exact) mass is 479 g/mol. The van der Waals surface area contributed by atoms with Crippen LogP contribution in [0.1, 0.15) is 90.2 Å². The molecule has 0 aromatic carbocycles. The van der Waals surface area contributed by atoms with Gasteiger partial charge in [-0.2, -0.15) is 0 Å². The summed E-state index contributed by atoms with van der Waals surface area (Å²) in [6, 6.07) is 6.06. The fourth-order valence-corrected chi connectivity index (χ4v) is 4.31. The van der Waals surface area contributed by atoms with Gasteiger partial charge >= 0.3 is 5.97 Å². The van der Waals surface area contributed by atoms with Crippen LogP contribution in [0.15, 0.2) is 47.2 Å². The highest BCUT2D eigenvalue weighted by Gasteiger charge is 2.12. The summed E-state index contributed by atoms with van der Waals surface area (Å²) in [5.41, 5.74) is 5.11. The minimum Gasteiger partial charge on any atom is -0.492 e. The molecule has 2 aromatic heterocycles. The van der Waals surface area contributed by atoms with E-state index >= 15 is 0 Å². The maximum absolute atomic E-state index is 11.3. The number of aromatic amines is 2. The van der Waals surface area contributed by atoms with E-state index in [4.69, 9.17) is 14.5 Å². The zero-order valence-electron chi connectivity index (χ0n) is 21.4. The van der Waals surface area contributed by atoms with Crippen LogP contribution in [0, 0.1) is 0 Å². The molecule has 0 amide bonds. The Balaban J connectivity index is 1.31. The molecule has 0 fully saturated rings. The molecular weight excluding hydrogens is 438 g/mol. The molecule has 0 saturated carbocycles. The second kappa shape index (κ2) is 15.1. The number of hydrogen-bond donors (Lipinski definition) is 2. The first-order chi connectivity index (χ1) is 17.2. The number of nitrogens with zero attached hydrogens (tertiary/aromatic N) is 1. The van der Waals surface area contributed by atoms with Crippen molar-refractivity contribution in [2.75, 3.05) is 13.2 Å². The first-order valence-electron chi connectivity index (χ1n) is 13.3. The van der Waals surface area contributed by atoms with Crippen molar-refractivity contribution in [1.82, 2.24) is 9.97 Å². The lowest BCUT2D eigenvalue weighted by molar-refractivity contribution is -0.143. The zero-order chi connectivity index (χ0) is 24.7. The topological polar surface area (TPSA) is 79.5 Å². The van der Waals surface area contributed by atoms with Gasteiger partial charge in [-0.3, -0.25) is 9.79 Å². The van der Waals surface area contributed by atoms with Crippen LogP contribution in [-0.2, 0) is 9.53 Å². The van der Waals surface area contributed by atoms with Crippen molar-refractivity contribution in [3.05, 3.63) is 47.9 Å². The Morgan fingerprint density at radius 3 is 2.37 bits per heavy atom. The number of unbranched alkanes of at least 4 members (excludes halogenated alkanes) is 8. The molecular formula is C29H41N3O3. The normalized spacial score (nSPS) is 14.0. The van der Waals surface area contributed by atoms with Gasteiger partial charge in [0.15, 0.2) is 0 Å². The van der Waals surface area contributed by atoms with E-state index in [0.717, 1.165) is 53.5 Å². The van der Waals surface area contributed by atoms with Gasteiger partial charge in [-0.05, 0) is 63.5 Å². The number of nitrogens with one attached hydrogen (secondary N) is 2. The van der Waals surface area contributed by atoms with E-state index in [2.05, 4.69) is 28.2 Å². The van der Waals surface area contributed by atoms with Crippen LogP contribution < -0.4 is 4.74 Å². The lowest BCUT2D eigenvalue weighted by Crippen LogP contribution is -2.03. The molecule has 0 saturated heterocycles. The molecule has 3 rings (SSSR count). The van der Waals surface area contributed by atoms with Gasteiger partial charge < -0.3 is 19.4 Å². The van der Waals surface area contributed by atoms with E-state index in [0.29, 0.717) is 19.6 Å². The van der Waals surface area contributed by atoms with Gasteiger partial charge in [0.05, 0.1) is 36.0 Å². The van der Waals surface area contributed by atoms with Gasteiger partial charge in [0.1, 0.15) is 5.75 Å². The molecule has 0 unspecified atom stereocenters. The highest BCUT2D eigenvalue weighted by molar-refractivity contribution is 5.99. The van der Waals surface area contributed by atoms with Crippen molar-refractivity contribution >= 4 is 17.8 Å². The zero-order valence-corrected chi connectivity index (χ0v) is 21.4. The fraction of sp³-hybridized carbons (Fsp3) is 0.517. The second-order valence-corrected chi connectivity index (χ2v) is 8.97. The molecule has 0 atom stereocenters. The van der Waals surface area contributed by atoms with Crippen molar-refractivity contribution in [3.8, 4) is 17.1 Å². The van der Waals surface area contributed by atoms with Gasteiger partial charge in [0.2, 0.25) is 0 Å². The molecule has 35 heavy (non-hydrogen) atoms. The predicted molar refractivity (Wildman–Crippen MR) is 144 cm³/mol. The number of hydrogen-bond acceptors (Lipinski definition) is 4. The third kappa shape index (κ3) is 9.27. The summed E-state index contributed by atoms with van der Waals surface area (Å²) in [7, 11) is 0. The molecule has 2 N–H and O–H groups in total. The van der Waals surface area contributed by atoms with Crippen LogP contribution in [-0.4, -0.2) is 34.9 Å². The van der Waals surface area contributed by atoms with Gasteiger partial charge in [-0.1, -0.05) is 44.9 Å². The largest absolute Gasteiger partial charge is 0.492 e. The van der Waals surface area contributed by atoms with Crippen molar-refractivity contribution in [3.63, 3.8) is 0 Å². The lowest BCUT2D eigenvalue weighted by Gasteiger charge is -2.03. The van der Waals surface area contributed by atoms with Crippen LogP contribution in [0.5, 0.6) is 5.75 Å². The minimum absolute atomic E-state index is 0.0574. The molecule has 0 spiro atoms. The van der Waals surface area contributed by atoms with Crippen molar-refractivity contribution < 1.29 is 14.3 Å². The van der Waals surface area contributed by atoms with Crippen molar-refractivity contribution in [2.45, 2.75) is 84.5 Å². The quantitative estimate of drug-likeness (QED) is 0.181. The molecule has 0 bridgehead atoms. The summed E-state index contributed by atoms with van der Waals surface area (Å²) < 4.78 is 10.8. The Kier molecular flexibility index (Phi) is 11.4. The van der Waals surface area contributed by atoms with Gasteiger partial charge in [-0.25, -0.2) is 0 Å².